The number of hydrogen-bond acceptors (Lipinski definition) is 4. The van der Waals surface area contributed by atoms with Gasteiger partial charge in [0.15, 0.2) is 5.58 Å². The van der Waals surface area contributed by atoms with Crippen LogP contribution in [-0.4, -0.2) is 11.3 Å². The van der Waals surface area contributed by atoms with Crippen molar-refractivity contribution in [3.8, 4) is 11.1 Å². The normalized spacial score (nSPS) is 13.4. The van der Waals surface area contributed by atoms with E-state index < -0.39 is 0 Å². The summed E-state index contributed by atoms with van der Waals surface area (Å²) in [5, 5.41) is 12.6. The van der Waals surface area contributed by atoms with E-state index in [9.17, 15) is 0 Å². The van der Waals surface area contributed by atoms with Crippen molar-refractivity contribution in [3.05, 3.63) is 164 Å². The highest BCUT2D eigenvalue weighted by molar-refractivity contribution is 7.26. The van der Waals surface area contributed by atoms with E-state index in [4.69, 9.17) is 4.42 Å². The first kappa shape index (κ1) is 30.3. The molecule has 9 aromatic carbocycles. The summed E-state index contributed by atoms with van der Waals surface area (Å²) >= 11 is 3.77. The summed E-state index contributed by atoms with van der Waals surface area (Å²) in [4.78, 5) is 2.56. The molecule has 0 saturated carbocycles. The van der Waals surface area contributed by atoms with Gasteiger partial charge in [0, 0.05) is 95.2 Å². The van der Waals surface area contributed by atoms with Gasteiger partial charge >= 0.3 is 6.85 Å². The number of nitrogens with zero attached hydrogens (tertiary/aromatic N) is 2. The molecule has 2 aliphatic heterocycles. The largest absolute Gasteiger partial charge is 0.454 e. The van der Waals surface area contributed by atoms with Crippen molar-refractivity contribution >= 4 is 152 Å². The number of anilines is 3. The maximum atomic E-state index is 7.13. The van der Waals surface area contributed by atoms with Gasteiger partial charge in [-0.2, -0.15) is 0 Å². The number of fused-ring (bicyclic) bond motifs is 19. The van der Waals surface area contributed by atoms with Crippen LogP contribution in [0, 0.1) is 0 Å². The maximum Gasteiger partial charge on any atom is 0.333 e. The van der Waals surface area contributed by atoms with Crippen molar-refractivity contribution in [1.82, 2.24) is 4.48 Å². The first-order valence-corrected chi connectivity index (χ1v) is 21.5. The molecule has 6 heterocycles. The molecule has 0 aliphatic carbocycles. The van der Waals surface area contributed by atoms with Crippen LogP contribution in [0.4, 0.5) is 17.1 Å². The molecule has 0 saturated heterocycles. The molecule has 0 atom stereocenters. The highest BCUT2D eigenvalue weighted by Crippen LogP contribution is 2.52. The van der Waals surface area contributed by atoms with E-state index in [2.05, 4.69) is 173 Å². The van der Waals surface area contributed by atoms with Crippen LogP contribution in [0.2, 0.25) is 0 Å². The van der Waals surface area contributed by atoms with E-state index >= 15 is 0 Å². The van der Waals surface area contributed by atoms with Crippen LogP contribution in [0.3, 0.4) is 0 Å². The molecule has 0 radical (unpaired) electrons. The van der Waals surface area contributed by atoms with Crippen LogP contribution in [0.1, 0.15) is 0 Å². The second-order valence-electron chi connectivity index (χ2n) is 15.9. The minimum absolute atomic E-state index is 0.102. The number of thiophene rings is 2. The molecule has 15 rings (SSSR count). The molecular weight excluding hydrogens is 744 g/mol. The third kappa shape index (κ3) is 3.63. The Bertz CT molecular complexity index is 4020. The Morgan fingerprint density at radius 3 is 2.00 bits per heavy atom. The van der Waals surface area contributed by atoms with Gasteiger partial charge in [-0.3, -0.25) is 0 Å². The fourth-order valence-corrected chi connectivity index (χ4v) is 13.0. The molecule has 0 spiro atoms. The van der Waals surface area contributed by atoms with E-state index in [0.717, 1.165) is 33.3 Å². The Morgan fingerprint density at radius 2 is 1.14 bits per heavy atom. The summed E-state index contributed by atoms with van der Waals surface area (Å²) in [6.45, 7) is -0.102. The number of rotatable bonds is 1. The number of para-hydroxylation sites is 2. The highest BCUT2D eigenvalue weighted by atomic mass is 32.1. The van der Waals surface area contributed by atoms with Gasteiger partial charge in [-0.25, -0.2) is 0 Å². The Balaban J connectivity index is 1.18. The Labute approximate surface area is 339 Å². The van der Waals surface area contributed by atoms with Gasteiger partial charge in [0.25, 0.3) is 0 Å². The third-order valence-corrected chi connectivity index (χ3v) is 15.4. The summed E-state index contributed by atoms with van der Waals surface area (Å²) in [5.41, 5.74) is 13.0. The standard InChI is InChI=1S/C52H27BN2OS2/c1-2-11-30-28(10-1)20-22-36-34-15-9-16-35-39-25-40-31-12-3-6-17-43(31)56-52(40)51-48(39)53(55(49(30)36)50(34)35)41-27-47-38(33-14-5-8-19-45(33)58-47)26-42(41)54(51)29-21-23-46-37(24-29)32-13-4-7-18-44(32)57-46/h1-27H. The Morgan fingerprint density at radius 1 is 0.448 bits per heavy atom. The molecular formula is C52H27BN2OS2. The van der Waals surface area contributed by atoms with Crippen LogP contribution in [0.25, 0.3) is 106 Å². The molecule has 3 nitrogen and oxygen atoms in total. The average molecular weight is 771 g/mol. The molecule has 58 heavy (non-hydrogen) atoms. The number of hydrogen-bond donors (Lipinski definition) is 0. The smallest absolute Gasteiger partial charge is 0.333 e. The zero-order chi connectivity index (χ0) is 37.4. The molecule has 0 amide bonds. The highest BCUT2D eigenvalue weighted by Gasteiger charge is 2.45. The van der Waals surface area contributed by atoms with Gasteiger partial charge in [0.1, 0.15) is 5.58 Å². The van der Waals surface area contributed by atoms with Crippen molar-refractivity contribution in [2.75, 3.05) is 4.90 Å². The van der Waals surface area contributed by atoms with Crippen molar-refractivity contribution in [2.24, 2.45) is 0 Å². The van der Waals surface area contributed by atoms with Gasteiger partial charge in [0.2, 0.25) is 0 Å². The van der Waals surface area contributed by atoms with Gasteiger partial charge in [-0.15, -0.1) is 22.7 Å². The predicted molar refractivity (Wildman–Crippen MR) is 251 cm³/mol. The van der Waals surface area contributed by atoms with Crippen LogP contribution in [-0.2, 0) is 0 Å². The molecule has 0 unspecified atom stereocenters. The predicted octanol–water partition coefficient (Wildman–Crippen LogP) is 14.0. The maximum absolute atomic E-state index is 7.13. The molecule has 2 aliphatic rings. The van der Waals surface area contributed by atoms with E-state index in [0.29, 0.717) is 0 Å². The second-order valence-corrected chi connectivity index (χ2v) is 18.1. The van der Waals surface area contributed by atoms with Gasteiger partial charge < -0.3 is 13.8 Å². The van der Waals surface area contributed by atoms with Gasteiger partial charge in [-0.1, -0.05) is 109 Å². The summed E-state index contributed by atoms with van der Waals surface area (Å²) in [6.07, 6.45) is 0. The summed E-state index contributed by atoms with van der Waals surface area (Å²) in [7, 11) is 0. The molecule has 13 aromatic rings. The quantitative estimate of drug-likeness (QED) is 0.155. The zero-order valence-electron chi connectivity index (χ0n) is 30.8. The minimum Gasteiger partial charge on any atom is -0.454 e. The number of furan rings is 1. The van der Waals surface area contributed by atoms with Crippen molar-refractivity contribution < 1.29 is 4.42 Å². The third-order valence-electron chi connectivity index (χ3n) is 13.1. The summed E-state index contributed by atoms with van der Waals surface area (Å²) in [6, 6.07) is 61.3. The molecule has 0 N–H and O–H groups in total. The second kappa shape index (κ2) is 10.5. The lowest BCUT2D eigenvalue weighted by atomic mass is 9.45. The minimum atomic E-state index is -0.102. The van der Waals surface area contributed by atoms with Crippen molar-refractivity contribution in [3.63, 3.8) is 0 Å². The summed E-state index contributed by atoms with van der Waals surface area (Å²) in [5.74, 6) is 0. The van der Waals surface area contributed by atoms with Crippen molar-refractivity contribution in [1.29, 1.82) is 0 Å². The van der Waals surface area contributed by atoms with Gasteiger partial charge in [0.05, 0.1) is 5.69 Å². The molecule has 0 bridgehead atoms. The van der Waals surface area contributed by atoms with E-state index in [1.807, 2.05) is 22.7 Å². The van der Waals surface area contributed by atoms with E-state index in [1.165, 1.54) is 101 Å². The zero-order valence-corrected chi connectivity index (χ0v) is 32.4. The fraction of sp³-hybridized carbons (Fsp3) is 0. The Hall–Kier alpha value is -6.86. The first-order valence-electron chi connectivity index (χ1n) is 19.9. The monoisotopic (exact) mass is 770 g/mol. The van der Waals surface area contributed by atoms with Gasteiger partial charge in [-0.05, 0) is 76.5 Å². The molecule has 266 valence electrons. The van der Waals surface area contributed by atoms with Crippen LogP contribution in [0.5, 0.6) is 0 Å². The van der Waals surface area contributed by atoms with Crippen molar-refractivity contribution in [2.45, 2.75) is 0 Å². The summed E-state index contributed by atoms with van der Waals surface area (Å²) < 4.78 is 15.1. The number of benzene rings is 9. The molecule has 4 aromatic heterocycles. The van der Waals surface area contributed by atoms with Crippen LogP contribution in [0.15, 0.2) is 168 Å². The lowest BCUT2D eigenvalue weighted by Crippen LogP contribution is -2.56. The molecule has 6 heteroatoms. The fourth-order valence-electron chi connectivity index (χ4n) is 10.8. The van der Waals surface area contributed by atoms with E-state index in [-0.39, 0.29) is 6.85 Å². The molecule has 0 fully saturated rings. The van der Waals surface area contributed by atoms with E-state index in [1.54, 1.807) is 0 Å². The number of aromatic nitrogens is 1. The van der Waals surface area contributed by atoms with Crippen LogP contribution < -0.4 is 15.8 Å². The van der Waals surface area contributed by atoms with Crippen LogP contribution >= 0.6 is 22.7 Å². The first-order chi connectivity index (χ1) is 28.8. The lowest BCUT2D eigenvalue weighted by molar-refractivity contribution is 0.669. The Kier molecular flexibility index (Phi) is 5.51. The topological polar surface area (TPSA) is 21.3 Å². The SMILES string of the molecule is c1ccc2c(c1)ccc1c3cccc4c3n(c21)B1c2cc3sc5ccccc5c3cc2N(c2ccc3sc5ccccc5c3c2)c2c1c-4cc1c2oc2ccccc21. The average Bonchev–Trinajstić information content (AvgIpc) is 4.03. The lowest BCUT2D eigenvalue weighted by Gasteiger charge is -2.40.